The Hall–Kier alpha value is -2.98. The van der Waals surface area contributed by atoms with Crippen molar-refractivity contribution in [1.29, 1.82) is 0 Å². The van der Waals surface area contributed by atoms with Crippen molar-refractivity contribution in [3.05, 3.63) is 62.4 Å². The molecule has 0 spiro atoms. The number of carbonyl (C=O) groups excluding carboxylic acids is 2. The van der Waals surface area contributed by atoms with Crippen LogP contribution in [-0.2, 0) is 24.4 Å². The Morgan fingerprint density at radius 1 is 1.03 bits per heavy atom. The van der Waals surface area contributed by atoms with E-state index in [0.717, 1.165) is 12.1 Å². The molecule has 1 aromatic heterocycles. The fourth-order valence-electron chi connectivity index (χ4n) is 4.50. The van der Waals surface area contributed by atoms with Crippen LogP contribution in [0, 0.1) is 6.92 Å². The van der Waals surface area contributed by atoms with Gasteiger partial charge in [0.2, 0.25) is 0 Å². The van der Waals surface area contributed by atoms with E-state index in [1.165, 1.54) is 0 Å². The SMILES string of the molecule is Cc1cc(C(F)(F)F)cc2c1nc(Cc1c(Cl)ccc(C(=O)N3CCN(C(=O)OC(C)(C)C)CC3)c1Cl)n2C. The molecule has 0 saturated carbocycles. The lowest BCUT2D eigenvalue weighted by Gasteiger charge is -2.35. The van der Waals surface area contributed by atoms with E-state index in [1.807, 2.05) is 0 Å². The number of rotatable bonds is 3. The van der Waals surface area contributed by atoms with Crippen molar-refractivity contribution in [3.63, 3.8) is 0 Å². The molecular weight excluding hydrogens is 556 g/mol. The van der Waals surface area contributed by atoms with Gasteiger partial charge in [0.25, 0.3) is 5.91 Å². The van der Waals surface area contributed by atoms with Gasteiger partial charge in [0, 0.05) is 44.7 Å². The molecule has 3 aromatic rings. The number of carbonyl (C=O) groups is 2. The first-order valence-corrected chi connectivity index (χ1v) is 13.1. The van der Waals surface area contributed by atoms with Gasteiger partial charge in [-0.3, -0.25) is 4.79 Å². The third kappa shape index (κ3) is 6.11. The molecule has 0 unspecified atom stereocenters. The summed E-state index contributed by atoms with van der Waals surface area (Å²) in [7, 11) is 1.63. The highest BCUT2D eigenvalue weighted by atomic mass is 35.5. The van der Waals surface area contributed by atoms with Crippen molar-refractivity contribution < 1.29 is 27.5 Å². The van der Waals surface area contributed by atoms with E-state index in [9.17, 15) is 22.8 Å². The number of nitrogens with zero attached hydrogens (tertiary/aromatic N) is 4. The molecule has 2 heterocycles. The fourth-order valence-corrected chi connectivity index (χ4v) is 5.08. The Morgan fingerprint density at radius 3 is 2.23 bits per heavy atom. The van der Waals surface area contributed by atoms with Crippen molar-refractivity contribution in [3.8, 4) is 0 Å². The van der Waals surface area contributed by atoms with E-state index in [2.05, 4.69) is 4.98 Å². The number of hydrogen-bond acceptors (Lipinski definition) is 4. The number of benzene rings is 2. The maximum Gasteiger partial charge on any atom is 0.416 e. The van der Waals surface area contributed by atoms with Crippen LogP contribution in [0.4, 0.5) is 18.0 Å². The number of piperazine rings is 1. The maximum atomic E-state index is 13.4. The number of aromatic nitrogens is 2. The third-order valence-electron chi connectivity index (χ3n) is 6.57. The van der Waals surface area contributed by atoms with Gasteiger partial charge in [-0.1, -0.05) is 23.2 Å². The largest absolute Gasteiger partial charge is 0.444 e. The van der Waals surface area contributed by atoms with Gasteiger partial charge >= 0.3 is 12.3 Å². The lowest BCUT2D eigenvalue weighted by molar-refractivity contribution is -0.137. The molecular formula is C27H29Cl2F3N4O3. The third-order valence-corrected chi connectivity index (χ3v) is 7.35. The molecule has 0 aliphatic carbocycles. The summed E-state index contributed by atoms with van der Waals surface area (Å²) < 4.78 is 47.1. The van der Waals surface area contributed by atoms with E-state index in [4.69, 9.17) is 27.9 Å². The second kappa shape index (κ2) is 10.5. The molecule has 1 fully saturated rings. The zero-order valence-corrected chi connectivity index (χ0v) is 23.8. The standard InChI is InChI=1S/C27H29Cl2F3N4O3/c1-15-12-16(27(30,31)32)13-20-23(15)33-21(34(20)5)14-18-19(28)7-6-17(22(18)29)24(37)35-8-10-36(11-9-35)25(38)39-26(2,3)4/h6-7,12-13H,8-11,14H2,1-5H3. The number of alkyl halides is 3. The second-order valence-corrected chi connectivity index (χ2v) is 11.4. The summed E-state index contributed by atoms with van der Waals surface area (Å²) in [5.41, 5.74) is 0.503. The smallest absolute Gasteiger partial charge is 0.416 e. The van der Waals surface area contributed by atoms with Gasteiger partial charge in [0.1, 0.15) is 11.4 Å². The summed E-state index contributed by atoms with van der Waals surface area (Å²) in [6.07, 6.45) is -4.80. The molecule has 0 N–H and O–H groups in total. The van der Waals surface area contributed by atoms with E-state index < -0.39 is 23.4 Å². The predicted molar refractivity (Wildman–Crippen MR) is 143 cm³/mol. The Kier molecular flexibility index (Phi) is 7.84. The van der Waals surface area contributed by atoms with Crippen LogP contribution in [0.25, 0.3) is 11.0 Å². The van der Waals surface area contributed by atoms with Crippen molar-refractivity contribution in [2.45, 2.75) is 45.9 Å². The zero-order chi connectivity index (χ0) is 28.9. The number of halogens is 5. The molecule has 12 heteroatoms. The van der Waals surface area contributed by atoms with Crippen molar-refractivity contribution in [1.82, 2.24) is 19.4 Å². The second-order valence-electron chi connectivity index (χ2n) is 10.6. The number of ether oxygens (including phenoxy) is 1. The van der Waals surface area contributed by atoms with Gasteiger partial charge in [-0.05, 0) is 63.1 Å². The van der Waals surface area contributed by atoms with Crippen LogP contribution < -0.4 is 0 Å². The maximum absolute atomic E-state index is 13.4. The Bertz CT molecular complexity index is 1440. The minimum absolute atomic E-state index is 0.108. The molecule has 210 valence electrons. The summed E-state index contributed by atoms with van der Waals surface area (Å²) in [6.45, 7) is 8.19. The molecule has 1 aliphatic heterocycles. The topological polar surface area (TPSA) is 67.7 Å². The van der Waals surface area contributed by atoms with E-state index in [1.54, 1.807) is 61.2 Å². The first-order valence-electron chi connectivity index (χ1n) is 12.3. The molecule has 0 atom stereocenters. The van der Waals surface area contributed by atoms with Crippen molar-refractivity contribution in [2.75, 3.05) is 26.2 Å². The van der Waals surface area contributed by atoms with Gasteiger partial charge in [-0.2, -0.15) is 13.2 Å². The Labute approximate surface area is 234 Å². The molecule has 0 radical (unpaired) electrons. The van der Waals surface area contributed by atoms with Gasteiger partial charge in [-0.25, -0.2) is 9.78 Å². The Morgan fingerprint density at radius 2 is 1.64 bits per heavy atom. The molecule has 2 amide bonds. The minimum Gasteiger partial charge on any atom is -0.444 e. The summed E-state index contributed by atoms with van der Waals surface area (Å²) in [5.74, 6) is 0.143. The summed E-state index contributed by atoms with van der Waals surface area (Å²) >= 11 is 13.2. The van der Waals surface area contributed by atoms with E-state index in [-0.39, 0.29) is 22.9 Å². The first kappa shape index (κ1) is 29.0. The quantitative estimate of drug-likeness (QED) is 0.353. The average Bonchev–Trinajstić information content (AvgIpc) is 3.16. The van der Waals surface area contributed by atoms with Gasteiger partial charge in [-0.15, -0.1) is 0 Å². The van der Waals surface area contributed by atoms with Gasteiger partial charge < -0.3 is 19.1 Å². The van der Waals surface area contributed by atoms with E-state index >= 15 is 0 Å². The average molecular weight is 585 g/mol. The highest BCUT2D eigenvalue weighted by Crippen LogP contribution is 2.35. The van der Waals surface area contributed by atoms with Crippen molar-refractivity contribution in [2.24, 2.45) is 7.05 Å². The molecule has 4 rings (SSSR count). The van der Waals surface area contributed by atoms with Crippen LogP contribution in [0.2, 0.25) is 10.0 Å². The zero-order valence-electron chi connectivity index (χ0n) is 22.2. The number of hydrogen-bond donors (Lipinski definition) is 0. The molecule has 1 saturated heterocycles. The molecule has 39 heavy (non-hydrogen) atoms. The van der Waals surface area contributed by atoms with Crippen LogP contribution in [-0.4, -0.2) is 63.1 Å². The van der Waals surface area contributed by atoms with Gasteiger partial charge in [0.15, 0.2) is 0 Å². The van der Waals surface area contributed by atoms with Crippen LogP contribution in [0.3, 0.4) is 0 Å². The Balaban J connectivity index is 1.57. The number of imidazole rings is 1. The minimum atomic E-state index is -4.48. The number of aryl methyl sites for hydroxylation is 2. The normalized spacial score (nSPS) is 14.7. The summed E-state index contributed by atoms with van der Waals surface area (Å²) in [5, 5.41) is 0.466. The van der Waals surface area contributed by atoms with Crippen LogP contribution in [0.15, 0.2) is 24.3 Å². The highest BCUT2D eigenvalue weighted by Gasteiger charge is 2.32. The van der Waals surface area contributed by atoms with Crippen LogP contribution in [0.1, 0.15) is 53.6 Å². The molecule has 2 aromatic carbocycles. The molecule has 7 nitrogen and oxygen atoms in total. The number of amides is 2. The summed E-state index contributed by atoms with van der Waals surface area (Å²) in [4.78, 5) is 33.4. The molecule has 1 aliphatic rings. The first-order chi connectivity index (χ1) is 18.1. The van der Waals surface area contributed by atoms with Gasteiger partial charge in [0.05, 0.1) is 27.2 Å². The monoisotopic (exact) mass is 584 g/mol. The van der Waals surface area contributed by atoms with Crippen molar-refractivity contribution >= 4 is 46.2 Å². The van der Waals surface area contributed by atoms with E-state index in [0.29, 0.717) is 59.2 Å². The lowest BCUT2D eigenvalue weighted by atomic mass is 10.1. The predicted octanol–water partition coefficient (Wildman–Crippen LogP) is 6.49. The summed E-state index contributed by atoms with van der Waals surface area (Å²) in [6, 6.07) is 5.26. The number of fused-ring (bicyclic) bond motifs is 1. The van der Waals surface area contributed by atoms with Crippen LogP contribution >= 0.6 is 23.2 Å². The lowest BCUT2D eigenvalue weighted by Crippen LogP contribution is -2.51. The fraction of sp³-hybridized carbons (Fsp3) is 0.444. The highest BCUT2D eigenvalue weighted by molar-refractivity contribution is 6.38. The van der Waals surface area contributed by atoms with Crippen LogP contribution in [0.5, 0.6) is 0 Å². The molecule has 0 bridgehead atoms.